The SMILES string of the molecule is CCCCCCCCCCCCCCCCCCC=CC(CC(=O)OCCN(CCO)CCO)C(=O)OCCN(CCO)CCO. The number of hydrogen-bond donors (Lipinski definition) is 4. The molecule has 0 aliphatic carbocycles. The molecule has 0 aromatic carbocycles. The number of rotatable bonds is 35. The second kappa shape index (κ2) is 34.8. The van der Waals surface area contributed by atoms with Gasteiger partial charge in [0, 0.05) is 39.3 Å². The summed E-state index contributed by atoms with van der Waals surface area (Å²) >= 11 is 0. The van der Waals surface area contributed by atoms with E-state index in [9.17, 15) is 19.8 Å². The first-order valence-corrected chi connectivity index (χ1v) is 18.4. The van der Waals surface area contributed by atoms with Gasteiger partial charge in [0.1, 0.15) is 13.2 Å². The summed E-state index contributed by atoms with van der Waals surface area (Å²) in [6.45, 7) is 4.47. The molecular weight excluding hydrogens is 588 g/mol. The highest BCUT2D eigenvalue weighted by Gasteiger charge is 2.22. The molecule has 0 radical (unpaired) electrons. The van der Waals surface area contributed by atoms with Crippen LogP contribution in [-0.2, 0) is 19.1 Å². The van der Waals surface area contributed by atoms with Gasteiger partial charge in [0.25, 0.3) is 0 Å². The Morgan fingerprint density at radius 1 is 0.565 bits per heavy atom. The summed E-state index contributed by atoms with van der Waals surface area (Å²) in [6.07, 6.45) is 25.5. The number of nitrogens with zero attached hydrogens (tertiary/aromatic N) is 2. The monoisotopic (exact) mass is 659 g/mol. The van der Waals surface area contributed by atoms with E-state index in [4.69, 9.17) is 19.7 Å². The number of ether oxygens (including phenoxy) is 2. The van der Waals surface area contributed by atoms with Gasteiger partial charge in [0.2, 0.25) is 0 Å². The maximum absolute atomic E-state index is 12.9. The van der Waals surface area contributed by atoms with E-state index in [0.717, 1.165) is 19.3 Å². The summed E-state index contributed by atoms with van der Waals surface area (Å²) in [7, 11) is 0. The van der Waals surface area contributed by atoms with Crippen molar-refractivity contribution < 1.29 is 39.5 Å². The average molecular weight is 659 g/mol. The number of aliphatic hydroxyl groups is 4. The summed E-state index contributed by atoms with van der Waals surface area (Å²) in [5.41, 5.74) is 0. The lowest BCUT2D eigenvalue weighted by molar-refractivity contribution is -0.154. The van der Waals surface area contributed by atoms with Crippen LogP contribution in [0.3, 0.4) is 0 Å². The molecule has 4 N–H and O–H groups in total. The second-order valence-corrected chi connectivity index (χ2v) is 12.3. The molecule has 0 fully saturated rings. The molecule has 0 saturated carbocycles. The van der Waals surface area contributed by atoms with Crippen molar-refractivity contribution in [3.05, 3.63) is 12.2 Å². The topological polar surface area (TPSA) is 140 Å². The predicted octanol–water partition coefficient (Wildman–Crippen LogP) is 4.86. The van der Waals surface area contributed by atoms with Crippen molar-refractivity contribution in [3.63, 3.8) is 0 Å². The first-order chi connectivity index (χ1) is 22.5. The van der Waals surface area contributed by atoms with Gasteiger partial charge >= 0.3 is 11.9 Å². The van der Waals surface area contributed by atoms with Gasteiger partial charge in [0.05, 0.1) is 38.8 Å². The van der Waals surface area contributed by atoms with Crippen LogP contribution in [-0.4, -0.2) is 121 Å². The van der Waals surface area contributed by atoms with Gasteiger partial charge in [-0.25, -0.2) is 0 Å². The third-order valence-corrected chi connectivity index (χ3v) is 8.27. The normalized spacial score (nSPS) is 12.4. The van der Waals surface area contributed by atoms with Crippen molar-refractivity contribution in [2.45, 2.75) is 122 Å². The minimum atomic E-state index is -0.760. The summed E-state index contributed by atoms with van der Waals surface area (Å²) in [5, 5.41) is 36.7. The van der Waals surface area contributed by atoms with Crippen molar-refractivity contribution in [1.29, 1.82) is 0 Å². The Labute approximate surface area is 280 Å². The van der Waals surface area contributed by atoms with Gasteiger partial charge < -0.3 is 29.9 Å². The van der Waals surface area contributed by atoms with Crippen LogP contribution in [0.4, 0.5) is 0 Å². The van der Waals surface area contributed by atoms with E-state index >= 15 is 0 Å². The van der Waals surface area contributed by atoms with E-state index in [2.05, 4.69) is 6.92 Å². The standard InChI is InChI=1S/C36H70N2O8/c1-2-3-4-5-6-7-8-9-10-11-12-13-14-15-16-17-18-19-20-34(36(44)46-32-26-38(23-29-41)24-30-42)33-35(43)45-31-25-37(21-27-39)22-28-40/h19-20,34,39-42H,2-18,21-33H2,1H3. The minimum absolute atomic E-state index is 0.0555. The van der Waals surface area contributed by atoms with Gasteiger partial charge in [-0.15, -0.1) is 0 Å². The molecule has 0 amide bonds. The molecule has 0 aromatic rings. The number of carbonyl (C=O) groups is 2. The maximum atomic E-state index is 12.9. The van der Waals surface area contributed by atoms with Gasteiger partial charge in [-0.3, -0.25) is 19.4 Å². The Kier molecular flexibility index (Phi) is 33.6. The minimum Gasteiger partial charge on any atom is -0.464 e. The Morgan fingerprint density at radius 3 is 1.37 bits per heavy atom. The number of unbranched alkanes of at least 4 members (excludes halogenated alkanes) is 16. The van der Waals surface area contributed by atoms with E-state index < -0.39 is 17.9 Å². The van der Waals surface area contributed by atoms with Crippen molar-refractivity contribution in [1.82, 2.24) is 9.80 Å². The molecule has 1 atom stereocenters. The smallest absolute Gasteiger partial charge is 0.313 e. The highest BCUT2D eigenvalue weighted by atomic mass is 16.5. The zero-order valence-corrected chi connectivity index (χ0v) is 29.3. The van der Waals surface area contributed by atoms with Gasteiger partial charge in [-0.1, -0.05) is 115 Å². The fraction of sp³-hybridized carbons (Fsp3) is 0.889. The zero-order chi connectivity index (χ0) is 33.9. The van der Waals surface area contributed by atoms with Crippen molar-refractivity contribution in [2.24, 2.45) is 5.92 Å². The number of hydrogen-bond acceptors (Lipinski definition) is 10. The molecule has 0 bridgehead atoms. The molecule has 0 aliphatic rings. The quantitative estimate of drug-likeness (QED) is 0.0424. The summed E-state index contributed by atoms with van der Waals surface area (Å²) in [6, 6.07) is 0. The fourth-order valence-electron chi connectivity index (χ4n) is 5.45. The Morgan fingerprint density at radius 2 is 0.957 bits per heavy atom. The molecule has 1 unspecified atom stereocenters. The molecule has 0 heterocycles. The van der Waals surface area contributed by atoms with Crippen molar-refractivity contribution >= 4 is 11.9 Å². The summed E-state index contributed by atoms with van der Waals surface area (Å²) < 4.78 is 10.8. The molecular formula is C36H70N2O8. The Hall–Kier alpha value is -1.56. The molecule has 0 aromatic heterocycles. The second-order valence-electron chi connectivity index (χ2n) is 12.3. The molecule has 272 valence electrons. The third kappa shape index (κ3) is 28.6. The fourth-order valence-corrected chi connectivity index (χ4v) is 5.45. The van der Waals surface area contributed by atoms with Crippen LogP contribution in [0.5, 0.6) is 0 Å². The van der Waals surface area contributed by atoms with E-state index in [0.29, 0.717) is 39.3 Å². The maximum Gasteiger partial charge on any atom is 0.313 e. The van der Waals surface area contributed by atoms with Crippen LogP contribution in [0, 0.1) is 5.92 Å². The number of esters is 2. The number of allylic oxidation sites excluding steroid dienone is 1. The van der Waals surface area contributed by atoms with Gasteiger partial charge in [0.15, 0.2) is 0 Å². The zero-order valence-electron chi connectivity index (χ0n) is 29.3. The highest BCUT2D eigenvalue weighted by molar-refractivity contribution is 5.81. The molecule has 0 spiro atoms. The predicted molar refractivity (Wildman–Crippen MR) is 185 cm³/mol. The van der Waals surface area contributed by atoms with Crippen molar-refractivity contribution in [3.8, 4) is 0 Å². The average Bonchev–Trinajstić information content (AvgIpc) is 3.04. The Balaban J connectivity index is 4.41. The first kappa shape index (κ1) is 44.4. The Bertz CT molecular complexity index is 697. The van der Waals surface area contributed by atoms with E-state index in [1.54, 1.807) is 15.9 Å². The van der Waals surface area contributed by atoms with Crippen LogP contribution in [0.2, 0.25) is 0 Å². The molecule has 0 aliphatic heterocycles. The lowest BCUT2D eigenvalue weighted by atomic mass is 10.0. The van der Waals surface area contributed by atoms with Crippen LogP contribution in [0.15, 0.2) is 12.2 Å². The number of carbonyl (C=O) groups excluding carboxylic acids is 2. The largest absolute Gasteiger partial charge is 0.464 e. The first-order valence-electron chi connectivity index (χ1n) is 18.4. The van der Waals surface area contributed by atoms with Crippen LogP contribution >= 0.6 is 0 Å². The molecule has 46 heavy (non-hydrogen) atoms. The molecule has 0 rings (SSSR count). The number of aliphatic hydroxyl groups excluding tert-OH is 4. The van der Waals surface area contributed by atoms with E-state index in [-0.39, 0.29) is 46.1 Å². The van der Waals surface area contributed by atoms with E-state index in [1.165, 1.54) is 89.9 Å². The summed E-state index contributed by atoms with van der Waals surface area (Å²) in [4.78, 5) is 29.0. The lowest BCUT2D eigenvalue weighted by Gasteiger charge is -2.21. The highest BCUT2D eigenvalue weighted by Crippen LogP contribution is 2.15. The third-order valence-electron chi connectivity index (χ3n) is 8.27. The van der Waals surface area contributed by atoms with Gasteiger partial charge in [-0.2, -0.15) is 0 Å². The summed E-state index contributed by atoms with van der Waals surface area (Å²) in [5.74, 6) is -1.77. The molecule has 0 saturated heterocycles. The van der Waals surface area contributed by atoms with Gasteiger partial charge in [-0.05, 0) is 12.8 Å². The van der Waals surface area contributed by atoms with E-state index in [1.807, 2.05) is 6.08 Å². The van der Waals surface area contributed by atoms with Crippen molar-refractivity contribution in [2.75, 3.05) is 78.9 Å². The molecule has 10 nitrogen and oxygen atoms in total. The van der Waals surface area contributed by atoms with Crippen LogP contribution in [0.25, 0.3) is 0 Å². The van der Waals surface area contributed by atoms with Crippen LogP contribution in [0.1, 0.15) is 122 Å². The molecule has 10 heteroatoms. The lowest BCUT2D eigenvalue weighted by Crippen LogP contribution is -2.34. The van der Waals surface area contributed by atoms with Crippen LogP contribution < -0.4 is 0 Å².